The summed E-state index contributed by atoms with van der Waals surface area (Å²) < 4.78 is 54.3. The highest BCUT2D eigenvalue weighted by molar-refractivity contribution is 7.92. The second kappa shape index (κ2) is 12.0. The number of carbonyl (C=O) groups is 2. The van der Waals surface area contributed by atoms with Gasteiger partial charge < -0.3 is 11.1 Å². The zero-order valence-corrected chi connectivity index (χ0v) is 23.2. The molecule has 0 spiro atoms. The predicted molar refractivity (Wildman–Crippen MR) is 146 cm³/mol. The quantitative estimate of drug-likeness (QED) is 0.301. The molecule has 202 valence electrons. The molecule has 4 N–H and O–H groups in total. The van der Waals surface area contributed by atoms with Crippen molar-refractivity contribution >= 4 is 66.6 Å². The molecule has 0 aliphatic carbocycles. The van der Waals surface area contributed by atoms with E-state index in [2.05, 4.69) is 10.0 Å². The van der Waals surface area contributed by atoms with Crippen LogP contribution in [0.5, 0.6) is 0 Å². The lowest BCUT2D eigenvalue weighted by molar-refractivity contribution is 0.102. The van der Waals surface area contributed by atoms with Crippen LogP contribution in [0, 0.1) is 0 Å². The topological polar surface area (TPSA) is 156 Å². The van der Waals surface area contributed by atoms with Crippen molar-refractivity contribution in [1.82, 2.24) is 4.31 Å². The summed E-state index contributed by atoms with van der Waals surface area (Å²) in [6.45, 7) is 1.79. The van der Waals surface area contributed by atoms with Crippen LogP contribution >= 0.6 is 23.2 Å². The standard InChI is InChI=1S/C24H24Cl2N4O6S2/c1-2-3-14-30(24(27)32)38(35,36)20-11-7-18(8-12-20)28-23(31)21-15-17(26)6-13-22(21)29-37(33,34)19-9-4-16(25)5-10-19/h4-13,15,29H,2-3,14H2,1H3,(H2,27,32)(H,28,31). The number of halogens is 2. The Balaban J connectivity index is 1.84. The Morgan fingerprint density at radius 3 is 2.03 bits per heavy atom. The first-order valence-corrected chi connectivity index (χ1v) is 14.8. The van der Waals surface area contributed by atoms with Crippen LogP contribution in [0.25, 0.3) is 0 Å². The lowest BCUT2D eigenvalue weighted by Gasteiger charge is -2.20. The number of nitrogens with zero attached hydrogens (tertiary/aromatic N) is 1. The number of primary amides is 1. The van der Waals surface area contributed by atoms with E-state index in [1.165, 1.54) is 66.7 Å². The highest BCUT2D eigenvalue weighted by Gasteiger charge is 2.27. The van der Waals surface area contributed by atoms with Gasteiger partial charge in [-0.25, -0.2) is 25.9 Å². The molecule has 3 amide bonds. The third-order valence-corrected chi connectivity index (χ3v) is 8.93. The maximum atomic E-state index is 13.0. The van der Waals surface area contributed by atoms with Crippen LogP contribution in [0.2, 0.25) is 10.0 Å². The second-order valence-electron chi connectivity index (χ2n) is 8.00. The molecule has 0 fully saturated rings. The largest absolute Gasteiger partial charge is 0.351 e. The van der Waals surface area contributed by atoms with Gasteiger partial charge in [-0.1, -0.05) is 36.5 Å². The minimum atomic E-state index is -4.19. The number of sulfonamides is 2. The van der Waals surface area contributed by atoms with Crippen LogP contribution in [-0.4, -0.2) is 39.6 Å². The molecule has 3 aromatic carbocycles. The Bertz CT molecular complexity index is 1550. The van der Waals surface area contributed by atoms with Gasteiger partial charge in [-0.3, -0.25) is 9.52 Å². The molecule has 14 heteroatoms. The van der Waals surface area contributed by atoms with Crippen LogP contribution in [0.3, 0.4) is 0 Å². The van der Waals surface area contributed by atoms with E-state index in [4.69, 9.17) is 28.9 Å². The van der Waals surface area contributed by atoms with Gasteiger partial charge in [0.05, 0.1) is 21.0 Å². The molecule has 0 saturated carbocycles. The molecule has 0 bridgehead atoms. The van der Waals surface area contributed by atoms with E-state index >= 15 is 0 Å². The molecule has 0 saturated heterocycles. The molecule has 38 heavy (non-hydrogen) atoms. The number of hydrogen-bond acceptors (Lipinski definition) is 6. The van der Waals surface area contributed by atoms with Crippen LogP contribution in [-0.2, 0) is 20.0 Å². The molecular formula is C24H24Cl2N4O6S2. The molecule has 0 radical (unpaired) electrons. The Morgan fingerprint density at radius 1 is 0.868 bits per heavy atom. The average molecular weight is 600 g/mol. The number of hydrogen-bond donors (Lipinski definition) is 3. The SMILES string of the molecule is CCCCN(C(N)=O)S(=O)(=O)c1ccc(NC(=O)c2cc(Cl)ccc2NS(=O)(=O)c2ccc(Cl)cc2)cc1. The molecule has 0 aromatic heterocycles. The van der Waals surface area contributed by atoms with Gasteiger partial charge in [-0.15, -0.1) is 0 Å². The summed E-state index contributed by atoms with van der Waals surface area (Å²) in [5.74, 6) is -0.710. The van der Waals surface area contributed by atoms with Gasteiger partial charge in [-0.05, 0) is 73.2 Å². The third kappa shape index (κ3) is 6.95. The zero-order valence-electron chi connectivity index (χ0n) is 20.0. The van der Waals surface area contributed by atoms with Crippen molar-refractivity contribution in [3.8, 4) is 0 Å². The number of anilines is 2. The number of unbranched alkanes of at least 4 members (excludes halogenated alkanes) is 1. The molecule has 0 heterocycles. The van der Waals surface area contributed by atoms with Crippen molar-refractivity contribution in [2.45, 2.75) is 29.6 Å². The van der Waals surface area contributed by atoms with Crippen molar-refractivity contribution in [2.24, 2.45) is 5.73 Å². The summed E-state index contributed by atoms with van der Waals surface area (Å²) in [5, 5.41) is 3.12. The minimum absolute atomic E-state index is 0.0333. The third-order valence-electron chi connectivity index (χ3n) is 5.26. The highest BCUT2D eigenvalue weighted by Crippen LogP contribution is 2.26. The van der Waals surface area contributed by atoms with Gasteiger partial charge in [0.25, 0.3) is 26.0 Å². The second-order valence-corrected chi connectivity index (χ2v) is 12.4. The van der Waals surface area contributed by atoms with Gasteiger partial charge in [-0.2, -0.15) is 0 Å². The summed E-state index contributed by atoms with van der Waals surface area (Å²) >= 11 is 11.9. The van der Waals surface area contributed by atoms with Crippen molar-refractivity contribution in [3.63, 3.8) is 0 Å². The van der Waals surface area contributed by atoms with Gasteiger partial charge in [0.2, 0.25) is 0 Å². The van der Waals surface area contributed by atoms with E-state index < -0.39 is 32.0 Å². The van der Waals surface area contributed by atoms with Gasteiger partial charge in [0.15, 0.2) is 0 Å². The van der Waals surface area contributed by atoms with E-state index in [1.807, 2.05) is 6.92 Å². The van der Waals surface area contributed by atoms with Gasteiger partial charge in [0, 0.05) is 22.3 Å². The maximum Gasteiger partial charge on any atom is 0.328 e. The van der Waals surface area contributed by atoms with Gasteiger partial charge in [0.1, 0.15) is 0 Å². The summed E-state index contributed by atoms with van der Waals surface area (Å²) in [7, 11) is -8.24. The lowest BCUT2D eigenvalue weighted by Crippen LogP contribution is -2.41. The number of benzene rings is 3. The molecule has 0 aliphatic rings. The van der Waals surface area contributed by atoms with Crippen LogP contribution in [0.15, 0.2) is 76.5 Å². The number of urea groups is 1. The van der Waals surface area contributed by atoms with E-state index in [0.717, 1.165) is 0 Å². The molecular weight excluding hydrogens is 575 g/mol. The van der Waals surface area contributed by atoms with E-state index in [9.17, 15) is 26.4 Å². The average Bonchev–Trinajstić information content (AvgIpc) is 2.85. The summed E-state index contributed by atoms with van der Waals surface area (Å²) in [6, 6.07) is 13.5. The number of rotatable bonds is 10. The molecule has 0 aliphatic heterocycles. The fraction of sp³-hybridized carbons (Fsp3) is 0.167. The van der Waals surface area contributed by atoms with Crippen LogP contribution in [0.1, 0.15) is 30.1 Å². The zero-order chi connectivity index (χ0) is 28.1. The monoisotopic (exact) mass is 598 g/mol. The Kier molecular flexibility index (Phi) is 9.26. The number of nitrogens with two attached hydrogens (primary N) is 1. The van der Waals surface area contributed by atoms with E-state index in [1.54, 1.807) is 0 Å². The fourth-order valence-electron chi connectivity index (χ4n) is 3.30. The van der Waals surface area contributed by atoms with E-state index in [0.29, 0.717) is 22.2 Å². The Morgan fingerprint density at radius 2 is 1.45 bits per heavy atom. The van der Waals surface area contributed by atoms with Crippen molar-refractivity contribution < 1.29 is 26.4 Å². The normalized spacial score (nSPS) is 11.6. The van der Waals surface area contributed by atoms with Crippen molar-refractivity contribution in [1.29, 1.82) is 0 Å². The van der Waals surface area contributed by atoms with Crippen LogP contribution < -0.4 is 15.8 Å². The first-order chi connectivity index (χ1) is 17.8. The molecule has 0 atom stereocenters. The number of nitrogens with one attached hydrogen (secondary N) is 2. The smallest absolute Gasteiger partial charge is 0.328 e. The minimum Gasteiger partial charge on any atom is -0.351 e. The Labute approximate surface area is 230 Å². The summed E-state index contributed by atoms with van der Waals surface area (Å²) in [4.78, 5) is 24.5. The fourth-order valence-corrected chi connectivity index (χ4v) is 6.02. The number of carbonyl (C=O) groups excluding carboxylic acids is 2. The van der Waals surface area contributed by atoms with Crippen molar-refractivity contribution in [2.75, 3.05) is 16.6 Å². The van der Waals surface area contributed by atoms with Crippen molar-refractivity contribution in [3.05, 3.63) is 82.3 Å². The number of amides is 3. The molecule has 3 rings (SSSR count). The van der Waals surface area contributed by atoms with Gasteiger partial charge >= 0.3 is 6.03 Å². The maximum absolute atomic E-state index is 13.0. The molecule has 0 unspecified atom stereocenters. The van der Waals surface area contributed by atoms with E-state index in [-0.39, 0.29) is 38.3 Å². The Hall–Kier alpha value is -3.32. The first-order valence-electron chi connectivity index (χ1n) is 11.2. The highest BCUT2D eigenvalue weighted by atomic mass is 35.5. The first kappa shape index (κ1) is 29.2. The summed E-state index contributed by atoms with van der Waals surface area (Å²) in [5.41, 5.74) is 5.36. The molecule has 10 nitrogen and oxygen atoms in total. The lowest BCUT2D eigenvalue weighted by atomic mass is 10.1. The van der Waals surface area contributed by atoms with Crippen LogP contribution in [0.4, 0.5) is 16.2 Å². The predicted octanol–water partition coefficient (Wildman–Crippen LogP) is 4.92. The molecule has 3 aromatic rings. The summed E-state index contributed by atoms with van der Waals surface area (Å²) in [6.07, 6.45) is 1.10.